The number of nitrogens with zero attached hydrogens (tertiary/aromatic N) is 3. The van der Waals surface area contributed by atoms with Crippen molar-refractivity contribution in [3.05, 3.63) is 53.1 Å². The summed E-state index contributed by atoms with van der Waals surface area (Å²) in [5.41, 5.74) is 3.14. The number of aryl methyl sites for hydroxylation is 1. The van der Waals surface area contributed by atoms with Crippen molar-refractivity contribution in [2.24, 2.45) is 0 Å². The molecule has 2 aromatic rings. The molecule has 1 aliphatic rings. The molecule has 0 bridgehead atoms. The SMILES string of the molecule is CN(C)C(=O)Cn1cc2c(n1)[C@@H](NCc1cccc(F)c1)CCC2. The Kier molecular flexibility index (Phi) is 4.94. The van der Waals surface area contributed by atoms with Crippen LogP contribution in [0.3, 0.4) is 0 Å². The number of rotatable bonds is 5. The number of benzene rings is 1. The van der Waals surface area contributed by atoms with Gasteiger partial charge >= 0.3 is 0 Å². The standard InChI is InChI=1S/C18H23FN4O/c1-22(2)17(24)12-23-11-14-6-4-8-16(18(14)21-23)20-10-13-5-3-7-15(19)9-13/h3,5,7,9,11,16,20H,4,6,8,10,12H2,1-2H3/t16-/m0/s1. The Morgan fingerprint density at radius 3 is 3.04 bits per heavy atom. The Morgan fingerprint density at radius 1 is 1.46 bits per heavy atom. The summed E-state index contributed by atoms with van der Waals surface area (Å²) in [7, 11) is 3.49. The van der Waals surface area contributed by atoms with E-state index in [1.807, 2.05) is 12.3 Å². The third kappa shape index (κ3) is 3.82. The van der Waals surface area contributed by atoms with E-state index in [4.69, 9.17) is 0 Å². The number of likely N-dealkylation sites (N-methyl/N-ethyl adjacent to an activating group) is 1. The molecule has 1 amide bonds. The lowest BCUT2D eigenvalue weighted by molar-refractivity contribution is -0.129. The highest BCUT2D eigenvalue weighted by Gasteiger charge is 2.24. The van der Waals surface area contributed by atoms with Gasteiger partial charge in [-0.25, -0.2) is 4.39 Å². The number of nitrogens with one attached hydrogen (secondary N) is 1. The van der Waals surface area contributed by atoms with Crippen molar-refractivity contribution < 1.29 is 9.18 Å². The van der Waals surface area contributed by atoms with Crippen molar-refractivity contribution in [3.8, 4) is 0 Å². The lowest BCUT2D eigenvalue weighted by atomic mass is 9.93. The van der Waals surface area contributed by atoms with Crippen LogP contribution >= 0.6 is 0 Å². The molecule has 1 atom stereocenters. The van der Waals surface area contributed by atoms with Crippen molar-refractivity contribution in [1.29, 1.82) is 0 Å². The first-order valence-electron chi connectivity index (χ1n) is 8.27. The quantitative estimate of drug-likeness (QED) is 0.915. The van der Waals surface area contributed by atoms with Crippen molar-refractivity contribution in [2.45, 2.75) is 38.4 Å². The number of carbonyl (C=O) groups excluding carboxylic acids is 1. The Morgan fingerprint density at radius 2 is 2.29 bits per heavy atom. The van der Waals surface area contributed by atoms with Gasteiger partial charge in [0.05, 0.1) is 11.7 Å². The molecule has 128 valence electrons. The number of hydrogen-bond acceptors (Lipinski definition) is 3. The number of hydrogen-bond donors (Lipinski definition) is 1. The van der Waals surface area contributed by atoms with Crippen molar-refractivity contribution in [3.63, 3.8) is 0 Å². The fourth-order valence-electron chi connectivity index (χ4n) is 3.04. The zero-order valence-corrected chi connectivity index (χ0v) is 14.1. The molecular weight excluding hydrogens is 307 g/mol. The topological polar surface area (TPSA) is 50.2 Å². The molecule has 3 rings (SSSR count). The smallest absolute Gasteiger partial charge is 0.243 e. The summed E-state index contributed by atoms with van der Waals surface area (Å²) < 4.78 is 15.0. The van der Waals surface area contributed by atoms with Crippen LogP contribution in [0.25, 0.3) is 0 Å². The lowest BCUT2D eigenvalue weighted by Gasteiger charge is -2.22. The summed E-state index contributed by atoms with van der Waals surface area (Å²) in [6, 6.07) is 6.78. The molecule has 0 spiro atoms. The van der Waals surface area contributed by atoms with Crippen LogP contribution in [0.5, 0.6) is 0 Å². The maximum Gasteiger partial charge on any atom is 0.243 e. The largest absolute Gasteiger partial charge is 0.347 e. The maximum absolute atomic E-state index is 13.3. The number of carbonyl (C=O) groups is 1. The van der Waals surface area contributed by atoms with E-state index in [1.165, 1.54) is 11.6 Å². The molecule has 1 heterocycles. The minimum atomic E-state index is -0.217. The van der Waals surface area contributed by atoms with Crippen molar-refractivity contribution in [1.82, 2.24) is 20.0 Å². The second-order valence-electron chi connectivity index (χ2n) is 6.48. The van der Waals surface area contributed by atoms with E-state index in [0.29, 0.717) is 6.54 Å². The number of fused-ring (bicyclic) bond motifs is 1. The normalized spacial score (nSPS) is 16.7. The number of aromatic nitrogens is 2. The van der Waals surface area contributed by atoms with E-state index >= 15 is 0 Å². The Labute approximate surface area is 141 Å². The van der Waals surface area contributed by atoms with Crippen LogP contribution in [-0.4, -0.2) is 34.7 Å². The molecule has 0 radical (unpaired) electrons. The molecule has 0 saturated heterocycles. The highest BCUT2D eigenvalue weighted by molar-refractivity contribution is 5.75. The van der Waals surface area contributed by atoms with Gasteiger partial charge in [-0.15, -0.1) is 0 Å². The summed E-state index contributed by atoms with van der Waals surface area (Å²) in [6.07, 6.45) is 5.05. The van der Waals surface area contributed by atoms with Gasteiger partial charge in [-0.2, -0.15) is 5.10 Å². The summed E-state index contributed by atoms with van der Waals surface area (Å²) in [5.74, 6) is -0.191. The monoisotopic (exact) mass is 330 g/mol. The predicted molar refractivity (Wildman–Crippen MR) is 89.8 cm³/mol. The zero-order valence-electron chi connectivity index (χ0n) is 14.1. The Bertz CT molecular complexity index is 726. The van der Waals surface area contributed by atoms with E-state index < -0.39 is 0 Å². The van der Waals surface area contributed by atoms with Crippen LogP contribution in [-0.2, 0) is 24.3 Å². The van der Waals surface area contributed by atoms with Crippen LogP contribution < -0.4 is 5.32 Å². The van der Waals surface area contributed by atoms with Crippen LogP contribution in [0, 0.1) is 5.82 Å². The first kappa shape index (κ1) is 16.6. The third-order valence-corrected chi connectivity index (χ3v) is 4.38. The first-order chi connectivity index (χ1) is 11.5. The van der Waals surface area contributed by atoms with E-state index in [-0.39, 0.29) is 24.3 Å². The number of halogens is 1. The van der Waals surface area contributed by atoms with Gasteiger partial charge < -0.3 is 10.2 Å². The van der Waals surface area contributed by atoms with E-state index in [0.717, 1.165) is 30.5 Å². The van der Waals surface area contributed by atoms with Gasteiger partial charge in [0.25, 0.3) is 0 Å². The first-order valence-corrected chi connectivity index (χ1v) is 8.27. The molecule has 0 unspecified atom stereocenters. The summed E-state index contributed by atoms with van der Waals surface area (Å²) in [6.45, 7) is 0.863. The van der Waals surface area contributed by atoms with E-state index in [9.17, 15) is 9.18 Å². The average molecular weight is 330 g/mol. The molecule has 5 nitrogen and oxygen atoms in total. The van der Waals surface area contributed by atoms with Gasteiger partial charge in [0.1, 0.15) is 12.4 Å². The zero-order chi connectivity index (χ0) is 17.1. The summed E-state index contributed by atoms with van der Waals surface area (Å²) in [5, 5.41) is 8.09. The molecule has 1 N–H and O–H groups in total. The second-order valence-corrected chi connectivity index (χ2v) is 6.48. The predicted octanol–water partition coefficient (Wildman–Crippen LogP) is 2.28. The summed E-state index contributed by atoms with van der Waals surface area (Å²) in [4.78, 5) is 13.4. The van der Waals surface area contributed by atoms with Crippen molar-refractivity contribution in [2.75, 3.05) is 14.1 Å². The molecule has 1 aromatic carbocycles. The third-order valence-electron chi connectivity index (χ3n) is 4.38. The highest BCUT2D eigenvalue weighted by atomic mass is 19.1. The maximum atomic E-state index is 13.3. The van der Waals surface area contributed by atoms with Gasteiger partial charge in [0, 0.05) is 26.8 Å². The fourth-order valence-corrected chi connectivity index (χ4v) is 3.04. The van der Waals surface area contributed by atoms with Crippen molar-refractivity contribution >= 4 is 5.91 Å². The van der Waals surface area contributed by atoms with Gasteiger partial charge in [0.2, 0.25) is 5.91 Å². The molecule has 0 fully saturated rings. The minimum Gasteiger partial charge on any atom is -0.347 e. The molecular formula is C18H23FN4O. The average Bonchev–Trinajstić information content (AvgIpc) is 2.95. The molecule has 1 aromatic heterocycles. The molecule has 24 heavy (non-hydrogen) atoms. The van der Waals surface area contributed by atoms with Gasteiger partial charge in [-0.3, -0.25) is 9.48 Å². The molecule has 6 heteroatoms. The summed E-state index contributed by atoms with van der Waals surface area (Å²) >= 11 is 0. The van der Waals surface area contributed by atoms with Gasteiger partial charge in [0.15, 0.2) is 0 Å². The molecule has 1 aliphatic carbocycles. The van der Waals surface area contributed by atoms with Crippen LogP contribution in [0.1, 0.15) is 35.7 Å². The molecule has 0 aliphatic heterocycles. The Balaban J connectivity index is 1.69. The number of amides is 1. The van der Waals surface area contributed by atoms with E-state index in [2.05, 4.69) is 10.4 Å². The molecule has 0 saturated carbocycles. The highest BCUT2D eigenvalue weighted by Crippen LogP contribution is 2.28. The van der Waals surface area contributed by atoms with Crippen LogP contribution in [0.4, 0.5) is 4.39 Å². The Hall–Kier alpha value is -2.21. The minimum absolute atomic E-state index is 0.0270. The fraction of sp³-hybridized carbons (Fsp3) is 0.444. The van der Waals surface area contributed by atoms with Crippen LogP contribution in [0.15, 0.2) is 30.5 Å². The van der Waals surface area contributed by atoms with Gasteiger partial charge in [-0.05, 0) is 42.5 Å². The second kappa shape index (κ2) is 7.13. The van der Waals surface area contributed by atoms with Crippen LogP contribution in [0.2, 0.25) is 0 Å². The lowest BCUT2D eigenvalue weighted by Crippen LogP contribution is -2.27. The van der Waals surface area contributed by atoms with Gasteiger partial charge in [-0.1, -0.05) is 12.1 Å². The van der Waals surface area contributed by atoms with E-state index in [1.54, 1.807) is 35.8 Å².